The minimum Gasteiger partial charge on any atom is -0.338 e. The summed E-state index contributed by atoms with van der Waals surface area (Å²) in [5.74, 6) is 0.995. The van der Waals surface area contributed by atoms with Gasteiger partial charge in [-0.15, -0.1) is 11.3 Å². The van der Waals surface area contributed by atoms with Gasteiger partial charge in [0.1, 0.15) is 5.82 Å². The van der Waals surface area contributed by atoms with E-state index in [0.717, 1.165) is 30.1 Å². The fraction of sp³-hybridized carbons (Fsp3) is 0.294. The van der Waals surface area contributed by atoms with Gasteiger partial charge in [-0.25, -0.2) is 4.39 Å². The molecule has 1 aliphatic rings. The number of thiophene rings is 1. The van der Waals surface area contributed by atoms with Crippen LogP contribution in [0.2, 0.25) is 0 Å². The molecule has 0 bridgehead atoms. The number of halogens is 1. The summed E-state index contributed by atoms with van der Waals surface area (Å²) in [5.41, 5.74) is 0.959. The number of nitrogens with one attached hydrogen (secondary N) is 1. The van der Waals surface area contributed by atoms with Gasteiger partial charge in [0.25, 0.3) is 0 Å². The van der Waals surface area contributed by atoms with E-state index in [1.54, 1.807) is 23.5 Å². The fourth-order valence-corrected chi connectivity index (χ4v) is 3.63. The monoisotopic (exact) mass is 344 g/mol. The average molecular weight is 344 g/mol. The standard InChI is InChI=1S/C17H17FN4OS/c18-13-4-1-3-12(9-13)14-10-19-6-7-22(14)11-16-20-17(21-23-16)15-5-2-8-24-15/h1-5,8-9,14,19H,6-7,10-11H2. The molecule has 0 saturated carbocycles. The minimum atomic E-state index is -0.212. The fourth-order valence-electron chi connectivity index (χ4n) is 2.98. The molecule has 2 aromatic heterocycles. The van der Waals surface area contributed by atoms with Gasteiger partial charge in [-0.05, 0) is 29.1 Å². The second kappa shape index (κ2) is 6.80. The molecule has 7 heteroatoms. The second-order valence-corrected chi connectivity index (χ2v) is 6.68. The quantitative estimate of drug-likeness (QED) is 0.788. The molecule has 0 aliphatic carbocycles. The van der Waals surface area contributed by atoms with Gasteiger partial charge >= 0.3 is 0 Å². The zero-order valence-electron chi connectivity index (χ0n) is 13.0. The third-order valence-electron chi connectivity index (χ3n) is 4.14. The lowest BCUT2D eigenvalue weighted by Crippen LogP contribution is -2.45. The van der Waals surface area contributed by atoms with Crippen molar-refractivity contribution in [1.29, 1.82) is 0 Å². The van der Waals surface area contributed by atoms with Gasteiger partial charge in [-0.2, -0.15) is 4.98 Å². The van der Waals surface area contributed by atoms with Crippen molar-refractivity contribution in [3.05, 3.63) is 59.0 Å². The molecule has 1 aliphatic heterocycles. The number of nitrogens with zero attached hydrogens (tertiary/aromatic N) is 3. The highest BCUT2D eigenvalue weighted by atomic mass is 32.1. The molecule has 0 spiro atoms. The maximum atomic E-state index is 13.6. The molecule has 4 rings (SSSR count). The zero-order valence-corrected chi connectivity index (χ0v) is 13.8. The summed E-state index contributed by atoms with van der Waals surface area (Å²) in [5, 5.41) is 9.41. The van der Waals surface area contributed by atoms with Crippen molar-refractivity contribution in [3.8, 4) is 10.7 Å². The van der Waals surface area contributed by atoms with E-state index in [-0.39, 0.29) is 11.9 Å². The van der Waals surface area contributed by atoms with E-state index in [1.807, 2.05) is 23.6 Å². The van der Waals surface area contributed by atoms with Crippen molar-refractivity contribution in [1.82, 2.24) is 20.4 Å². The topological polar surface area (TPSA) is 54.2 Å². The van der Waals surface area contributed by atoms with Crippen LogP contribution in [0, 0.1) is 5.82 Å². The third kappa shape index (κ3) is 3.24. The molecule has 1 N–H and O–H groups in total. The number of benzene rings is 1. The second-order valence-electron chi connectivity index (χ2n) is 5.73. The lowest BCUT2D eigenvalue weighted by atomic mass is 10.0. The molecule has 0 radical (unpaired) electrons. The average Bonchev–Trinajstić information content (AvgIpc) is 3.26. The van der Waals surface area contributed by atoms with E-state index in [2.05, 4.69) is 20.4 Å². The largest absolute Gasteiger partial charge is 0.338 e. The Morgan fingerprint density at radius 3 is 3.12 bits per heavy atom. The van der Waals surface area contributed by atoms with E-state index in [4.69, 9.17) is 4.52 Å². The molecule has 0 amide bonds. The lowest BCUT2D eigenvalue weighted by molar-refractivity contribution is 0.135. The zero-order chi connectivity index (χ0) is 16.4. The van der Waals surface area contributed by atoms with Gasteiger partial charge in [-0.3, -0.25) is 4.90 Å². The molecule has 1 saturated heterocycles. The maximum Gasteiger partial charge on any atom is 0.241 e. The number of aromatic nitrogens is 2. The highest BCUT2D eigenvalue weighted by molar-refractivity contribution is 7.13. The van der Waals surface area contributed by atoms with Crippen LogP contribution in [0.5, 0.6) is 0 Å². The number of hydrogen-bond donors (Lipinski definition) is 1. The van der Waals surface area contributed by atoms with Crippen molar-refractivity contribution in [3.63, 3.8) is 0 Å². The van der Waals surface area contributed by atoms with Crippen LogP contribution in [0.3, 0.4) is 0 Å². The van der Waals surface area contributed by atoms with Crippen molar-refractivity contribution >= 4 is 11.3 Å². The minimum absolute atomic E-state index is 0.0894. The first-order valence-electron chi connectivity index (χ1n) is 7.86. The number of piperazine rings is 1. The third-order valence-corrected chi connectivity index (χ3v) is 5.00. The molecule has 1 atom stereocenters. The molecule has 3 heterocycles. The highest BCUT2D eigenvalue weighted by Gasteiger charge is 2.26. The first kappa shape index (κ1) is 15.4. The van der Waals surface area contributed by atoms with Crippen molar-refractivity contribution in [2.45, 2.75) is 12.6 Å². The van der Waals surface area contributed by atoms with Crippen LogP contribution in [0.25, 0.3) is 10.7 Å². The van der Waals surface area contributed by atoms with Crippen molar-refractivity contribution < 1.29 is 8.91 Å². The van der Waals surface area contributed by atoms with Crippen LogP contribution in [-0.2, 0) is 6.54 Å². The van der Waals surface area contributed by atoms with E-state index >= 15 is 0 Å². The molecule has 124 valence electrons. The normalized spacial score (nSPS) is 18.8. The molecule has 24 heavy (non-hydrogen) atoms. The first-order chi connectivity index (χ1) is 11.8. The van der Waals surface area contributed by atoms with E-state index in [1.165, 1.54) is 6.07 Å². The molecule has 1 fully saturated rings. The summed E-state index contributed by atoms with van der Waals surface area (Å²) in [6.07, 6.45) is 0. The Labute approximate surface area is 143 Å². The van der Waals surface area contributed by atoms with Crippen molar-refractivity contribution in [2.24, 2.45) is 0 Å². The van der Waals surface area contributed by atoms with Crippen LogP contribution in [-0.4, -0.2) is 34.7 Å². The van der Waals surface area contributed by atoms with Gasteiger partial charge in [-0.1, -0.05) is 23.4 Å². The maximum absolute atomic E-state index is 13.6. The summed E-state index contributed by atoms with van der Waals surface area (Å²) in [6, 6.07) is 10.8. The van der Waals surface area contributed by atoms with Crippen LogP contribution in [0.15, 0.2) is 46.3 Å². The van der Waals surface area contributed by atoms with Gasteiger partial charge in [0.05, 0.1) is 11.4 Å². The molecule has 1 aromatic carbocycles. The molecule has 5 nitrogen and oxygen atoms in total. The Hall–Kier alpha value is -2.09. The molecular formula is C17H17FN4OS. The first-order valence-corrected chi connectivity index (χ1v) is 8.74. The lowest BCUT2D eigenvalue weighted by Gasteiger charge is -2.35. The Balaban J connectivity index is 1.53. The Bertz CT molecular complexity index is 805. The van der Waals surface area contributed by atoms with Crippen LogP contribution in [0.4, 0.5) is 4.39 Å². The molecule has 1 unspecified atom stereocenters. The van der Waals surface area contributed by atoms with Gasteiger partial charge in [0.2, 0.25) is 11.7 Å². The Morgan fingerprint density at radius 2 is 2.29 bits per heavy atom. The summed E-state index contributed by atoms with van der Waals surface area (Å²) in [4.78, 5) is 7.73. The van der Waals surface area contributed by atoms with Gasteiger partial charge in [0, 0.05) is 25.7 Å². The van der Waals surface area contributed by atoms with Crippen LogP contribution in [0.1, 0.15) is 17.5 Å². The Kier molecular flexibility index (Phi) is 4.38. The van der Waals surface area contributed by atoms with Crippen LogP contribution < -0.4 is 5.32 Å². The number of rotatable bonds is 4. The highest BCUT2D eigenvalue weighted by Crippen LogP contribution is 2.26. The molecular weight excluding hydrogens is 327 g/mol. The van der Waals surface area contributed by atoms with E-state index in [9.17, 15) is 4.39 Å². The predicted octanol–water partition coefficient (Wildman–Crippen LogP) is 3.08. The van der Waals surface area contributed by atoms with E-state index in [0.29, 0.717) is 18.3 Å². The summed E-state index contributed by atoms with van der Waals surface area (Å²) in [6.45, 7) is 3.06. The smallest absolute Gasteiger partial charge is 0.241 e. The van der Waals surface area contributed by atoms with Crippen LogP contribution >= 0.6 is 11.3 Å². The van der Waals surface area contributed by atoms with Gasteiger partial charge in [0.15, 0.2) is 0 Å². The summed E-state index contributed by atoms with van der Waals surface area (Å²) < 4.78 is 19.0. The summed E-state index contributed by atoms with van der Waals surface area (Å²) in [7, 11) is 0. The van der Waals surface area contributed by atoms with Gasteiger partial charge < -0.3 is 9.84 Å². The Morgan fingerprint density at radius 1 is 1.33 bits per heavy atom. The molecule has 3 aromatic rings. The number of hydrogen-bond acceptors (Lipinski definition) is 6. The van der Waals surface area contributed by atoms with E-state index < -0.39 is 0 Å². The predicted molar refractivity (Wildman–Crippen MR) is 90.0 cm³/mol. The van der Waals surface area contributed by atoms with Crippen molar-refractivity contribution in [2.75, 3.05) is 19.6 Å². The SMILES string of the molecule is Fc1cccc(C2CNCCN2Cc2nc(-c3cccs3)no2)c1. The summed E-state index contributed by atoms with van der Waals surface area (Å²) >= 11 is 1.58.